The Morgan fingerprint density at radius 2 is 1.90 bits per heavy atom. The summed E-state index contributed by atoms with van der Waals surface area (Å²) in [5, 5.41) is 6.91. The average Bonchev–Trinajstić information content (AvgIpc) is 3.14. The predicted molar refractivity (Wildman–Crippen MR) is 111 cm³/mol. The second kappa shape index (κ2) is 11.1. The molecule has 9 heteroatoms. The molecule has 0 aliphatic carbocycles. The van der Waals surface area contributed by atoms with E-state index in [9.17, 15) is 9.59 Å². The summed E-state index contributed by atoms with van der Waals surface area (Å²) in [6.45, 7) is 3.66. The fraction of sp³-hybridized carbons (Fsp3) is 0.350. The van der Waals surface area contributed by atoms with Gasteiger partial charge in [0, 0.05) is 10.4 Å². The maximum absolute atomic E-state index is 12.1. The second-order valence-corrected chi connectivity index (χ2v) is 6.84. The molecule has 0 fully saturated rings. The molecular formula is C20H24N2O6S. The molecule has 0 saturated carbocycles. The van der Waals surface area contributed by atoms with Crippen molar-refractivity contribution in [2.24, 2.45) is 5.16 Å². The minimum Gasteiger partial charge on any atom is -0.493 e. The van der Waals surface area contributed by atoms with Gasteiger partial charge in [-0.1, -0.05) is 12.1 Å². The largest absolute Gasteiger partial charge is 0.493 e. The highest BCUT2D eigenvalue weighted by Gasteiger charge is 2.18. The Bertz CT molecular complexity index is 878. The lowest BCUT2D eigenvalue weighted by molar-refractivity contribution is -0.120. The zero-order valence-corrected chi connectivity index (χ0v) is 17.6. The molecule has 0 bridgehead atoms. The maximum atomic E-state index is 12.1. The van der Waals surface area contributed by atoms with Gasteiger partial charge in [-0.3, -0.25) is 4.79 Å². The molecule has 156 valence electrons. The summed E-state index contributed by atoms with van der Waals surface area (Å²) in [5.41, 5.74) is 1.06. The molecule has 2 rings (SSSR count). The minimum atomic E-state index is -0.467. The standard InChI is InChI=1S/C20H24N2O6S/c1-5-14-10-15(20(24)27-6-2)19(29-14)22-18(23)12-28-21-11-13-7-8-16(25-3)17(9-13)26-4/h7-11H,5-6,12H2,1-4H3,(H,22,23)/b21-11+. The number of nitrogens with zero attached hydrogens (tertiary/aromatic N) is 1. The molecule has 0 aliphatic heterocycles. The van der Waals surface area contributed by atoms with Crippen molar-refractivity contribution in [3.8, 4) is 11.5 Å². The molecule has 0 radical (unpaired) electrons. The number of rotatable bonds is 10. The first-order valence-corrected chi connectivity index (χ1v) is 9.81. The summed E-state index contributed by atoms with van der Waals surface area (Å²) < 4.78 is 15.4. The van der Waals surface area contributed by atoms with Crippen LogP contribution in [0.25, 0.3) is 0 Å². The van der Waals surface area contributed by atoms with Gasteiger partial charge in [-0.2, -0.15) is 0 Å². The molecule has 0 saturated heterocycles. The van der Waals surface area contributed by atoms with Crippen molar-refractivity contribution in [2.75, 3.05) is 32.8 Å². The number of hydrogen-bond acceptors (Lipinski definition) is 8. The number of nitrogens with one attached hydrogen (secondary N) is 1. The average molecular weight is 420 g/mol. The molecule has 1 aromatic carbocycles. The molecule has 0 aliphatic rings. The molecule has 1 N–H and O–H groups in total. The van der Waals surface area contributed by atoms with Crippen LogP contribution in [0.1, 0.15) is 34.6 Å². The molecule has 8 nitrogen and oxygen atoms in total. The number of oxime groups is 1. The van der Waals surface area contributed by atoms with Gasteiger partial charge in [0.1, 0.15) is 5.00 Å². The molecule has 29 heavy (non-hydrogen) atoms. The first kappa shape index (κ1) is 22.2. The van der Waals surface area contributed by atoms with E-state index in [0.717, 1.165) is 16.9 Å². The van der Waals surface area contributed by atoms with E-state index in [0.29, 0.717) is 22.1 Å². The first-order chi connectivity index (χ1) is 14.0. The quantitative estimate of drug-likeness (QED) is 0.359. The molecule has 1 aromatic heterocycles. The number of hydrogen-bond donors (Lipinski definition) is 1. The van der Waals surface area contributed by atoms with Crippen LogP contribution in [-0.4, -0.2) is 45.5 Å². The Morgan fingerprint density at radius 1 is 1.14 bits per heavy atom. The Morgan fingerprint density at radius 3 is 2.55 bits per heavy atom. The number of benzene rings is 1. The van der Waals surface area contributed by atoms with E-state index in [2.05, 4.69) is 10.5 Å². The molecular weight excluding hydrogens is 396 g/mol. The highest BCUT2D eigenvalue weighted by atomic mass is 32.1. The lowest BCUT2D eigenvalue weighted by Crippen LogP contribution is -2.18. The van der Waals surface area contributed by atoms with Crippen molar-refractivity contribution >= 4 is 34.4 Å². The van der Waals surface area contributed by atoms with Crippen molar-refractivity contribution in [2.45, 2.75) is 20.3 Å². The third-order valence-corrected chi connectivity index (χ3v) is 4.95. The molecule has 0 atom stereocenters. The lowest BCUT2D eigenvalue weighted by Gasteiger charge is -2.07. The van der Waals surface area contributed by atoms with Crippen molar-refractivity contribution in [1.82, 2.24) is 0 Å². The number of ether oxygens (including phenoxy) is 3. The van der Waals surface area contributed by atoms with Crippen LogP contribution in [0.3, 0.4) is 0 Å². The Balaban J connectivity index is 1.94. The fourth-order valence-corrected chi connectivity index (χ4v) is 3.36. The SMILES string of the molecule is CCOC(=O)c1cc(CC)sc1NC(=O)CO/N=C/c1ccc(OC)c(OC)c1. The van der Waals surface area contributed by atoms with Crippen molar-refractivity contribution in [3.05, 3.63) is 40.3 Å². The number of amides is 1. The van der Waals surface area contributed by atoms with Gasteiger partial charge < -0.3 is 24.4 Å². The molecule has 1 amide bonds. The van der Waals surface area contributed by atoms with Crippen LogP contribution in [0.2, 0.25) is 0 Å². The first-order valence-electron chi connectivity index (χ1n) is 8.99. The summed E-state index contributed by atoms with van der Waals surface area (Å²) in [7, 11) is 3.09. The zero-order chi connectivity index (χ0) is 21.2. The van der Waals surface area contributed by atoms with Crippen LogP contribution in [0, 0.1) is 0 Å². The normalized spacial score (nSPS) is 10.6. The lowest BCUT2D eigenvalue weighted by atomic mass is 10.2. The van der Waals surface area contributed by atoms with Gasteiger partial charge >= 0.3 is 5.97 Å². The zero-order valence-electron chi connectivity index (χ0n) is 16.8. The van der Waals surface area contributed by atoms with Crippen LogP contribution in [0.15, 0.2) is 29.4 Å². The number of anilines is 1. The number of aryl methyl sites for hydroxylation is 1. The number of methoxy groups -OCH3 is 2. The summed E-state index contributed by atoms with van der Waals surface area (Å²) in [6, 6.07) is 6.98. The number of carbonyl (C=O) groups is 2. The summed E-state index contributed by atoms with van der Waals surface area (Å²) in [5.74, 6) is 0.269. The van der Waals surface area contributed by atoms with Gasteiger partial charge in [0.15, 0.2) is 18.1 Å². The van der Waals surface area contributed by atoms with Crippen molar-refractivity contribution in [1.29, 1.82) is 0 Å². The van der Waals surface area contributed by atoms with Gasteiger partial charge in [0.05, 0.1) is 32.6 Å². The predicted octanol–water partition coefficient (Wildman–Crippen LogP) is 3.49. The minimum absolute atomic E-state index is 0.261. The molecule has 1 heterocycles. The highest BCUT2D eigenvalue weighted by Crippen LogP contribution is 2.29. The third kappa shape index (κ3) is 6.21. The summed E-state index contributed by atoms with van der Waals surface area (Å²) in [4.78, 5) is 30.2. The van der Waals surface area contributed by atoms with Gasteiger partial charge in [-0.05, 0) is 37.6 Å². The van der Waals surface area contributed by atoms with Crippen LogP contribution < -0.4 is 14.8 Å². The number of thiophene rings is 1. The van der Waals surface area contributed by atoms with Gasteiger partial charge in [-0.25, -0.2) is 4.79 Å². The van der Waals surface area contributed by atoms with Crippen LogP contribution in [0.4, 0.5) is 5.00 Å². The molecule has 0 spiro atoms. The number of carbonyl (C=O) groups excluding carboxylic acids is 2. The Hall–Kier alpha value is -3.07. The van der Waals surface area contributed by atoms with Crippen molar-refractivity contribution in [3.63, 3.8) is 0 Å². The second-order valence-electron chi connectivity index (χ2n) is 5.70. The summed E-state index contributed by atoms with van der Waals surface area (Å²) >= 11 is 1.33. The maximum Gasteiger partial charge on any atom is 0.341 e. The van der Waals surface area contributed by atoms with Gasteiger partial charge in [-0.15, -0.1) is 11.3 Å². The van der Waals surface area contributed by atoms with Crippen LogP contribution in [-0.2, 0) is 20.8 Å². The van der Waals surface area contributed by atoms with E-state index in [1.807, 2.05) is 6.92 Å². The van der Waals surface area contributed by atoms with E-state index in [1.165, 1.54) is 17.6 Å². The van der Waals surface area contributed by atoms with Gasteiger partial charge in [0.2, 0.25) is 0 Å². The van der Waals surface area contributed by atoms with Crippen LogP contribution >= 0.6 is 11.3 Å². The topological polar surface area (TPSA) is 95.5 Å². The highest BCUT2D eigenvalue weighted by molar-refractivity contribution is 7.16. The molecule has 2 aromatic rings. The monoisotopic (exact) mass is 420 g/mol. The fourth-order valence-electron chi connectivity index (χ4n) is 2.36. The smallest absolute Gasteiger partial charge is 0.341 e. The van der Waals surface area contributed by atoms with E-state index in [-0.39, 0.29) is 13.2 Å². The van der Waals surface area contributed by atoms with Crippen LogP contribution in [0.5, 0.6) is 11.5 Å². The Labute approximate surface area is 173 Å². The number of esters is 1. The molecule has 0 unspecified atom stereocenters. The Kier molecular flexibility index (Phi) is 8.47. The third-order valence-electron chi connectivity index (χ3n) is 3.76. The van der Waals surface area contributed by atoms with E-state index in [4.69, 9.17) is 19.0 Å². The van der Waals surface area contributed by atoms with E-state index < -0.39 is 11.9 Å². The van der Waals surface area contributed by atoms with E-state index >= 15 is 0 Å². The van der Waals surface area contributed by atoms with Gasteiger partial charge in [0.25, 0.3) is 5.91 Å². The summed E-state index contributed by atoms with van der Waals surface area (Å²) in [6.07, 6.45) is 2.21. The van der Waals surface area contributed by atoms with Crippen molar-refractivity contribution < 1.29 is 28.6 Å². The van der Waals surface area contributed by atoms with E-state index in [1.54, 1.807) is 45.4 Å².